The molecule has 0 N–H and O–H groups in total. The van der Waals surface area contributed by atoms with Crippen LogP contribution in [0.2, 0.25) is 0 Å². The van der Waals surface area contributed by atoms with Gasteiger partial charge >= 0.3 is 0 Å². The average molecular weight is 304 g/mol. The first-order valence-corrected chi connectivity index (χ1v) is 8.88. The number of rotatable bonds is 0. The van der Waals surface area contributed by atoms with E-state index in [1.807, 2.05) is 13.8 Å². The quantitative estimate of drug-likeness (QED) is 0.678. The molecule has 0 radical (unpaired) electrons. The van der Waals surface area contributed by atoms with Crippen molar-refractivity contribution in [3.63, 3.8) is 0 Å². The second-order valence-electron chi connectivity index (χ2n) is 8.63. The van der Waals surface area contributed by atoms with Crippen molar-refractivity contribution in [2.75, 3.05) is 0 Å². The molecule has 0 amide bonds. The summed E-state index contributed by atoms with van der Waals surface area (Å²) in [5.41, 5.74) is 2.89. The molecule has 3 fully saturated rings. The molecule has 3 aliphatic carbocycles. The first-order valence-electron chi connectivity index (χ1n) is 8.88. The predicted octanol–water partition coefficient (Wildman–Crippen LogP) is 4.01. The SMILES string of the molecule is CC1=C2CC[C@]3(C)C[C@@H]4OC(C)(C)O[C@@H]4C[C@@H]3[C@@H]2CCC1=O. The molecule has 0 aromatic carbocycles. The van der Waals surface area contributed by atoms with Gasteiger partial charge in [-0.3, -0.25) is 4.79 Å². The molecule has 0 aromatic heterocycles. The van der Waals surface area contributed by atoms with Gasteiger partial charge in [0, 0.05) is 6.42 Å². The first-order chi connectivity index (χ1) is 10.3. The third-order valence-corrected chi connectivity index (χ3v) is 6.82. The Hall–Kier alpha value is -0.670. The maximum atomic E-state index is 12.1. The molecule has 22 heavy (non-hydrogen) atoms. The molecule has 0 spiro atoms. The molecule has 3 heteroatoms. The number of fused-ring (bicyclic) bond motifs is 4. The molecule has 2 saturated carbocycles. The molecule has 1 aliphatic heterocycles. The number of allylic oxidation sites excluding steroid dienone is 2. The zero-order valence-electron chi connectivity index (χ0n) is 14.3. The Morgan fingerprint density at radius 3 is 2.59 bits per heavy atom. The van der Waals surface area contributed by atoms with E-state index in [0.717, 1.165) is 37.7 Å². The van der Waals surface area contributed by atoms with Crippen molar-refractivity contribution in [2.45, 2.75) is 84.2 Å². The van der Waals surface area contributed by atoms with Gasteiger partial charge in [0.1, 0.15) is 0 Å². The van der Waals surface area contributed by atoms with Gasteiger partial charge in [0.2, 0.25) is 0 Å². The minimum Gasteiger partial charge on any atom is -0.345 e. The molecular formula is C19H28O3. The van der Waals surface area contributed by atoms with E-state index in [4.69, 9.17) is 9.47 Å². The fourth-order valence-electron chi connectivity index (χ4n) is 5.71. The fourth-order valence-corrected chi connectivity index (χ4v) is 5.71. The predicted molar refractivity (Wildman–Crippen MR) is 84.3 cm³/mol. The van der Waals surface area contributed by atoms with E-state index in [1.165, 1.54) is 12.0 Å². The van der Waals surface area contributed by atoms with Gasteiger partial charge in [0.25, 0.3) is 0 Å². The Morgan fingerprint density at radius 1 is 1.09 bits per heavy atom. The topological polar surface area (TPSA) is 35.5 Å². The van der Waals surface area contributed by atoms with Crippen molar-refractivity contribution in [3.05, 3.63) is 11.1 Å². The number of hydrogen-bond acceptors (Lipinski definition) is 3. The second kappa shape index (κ2) is 4.67. The van der Waals surface area contributed by atoms with Crippen molar-refractivity contribution >= 4 is 5.78 Å². The van der Waals surface area contributed by atoms with Crippen molar-refractivity contribution in [3.8, 4) is 0 Å². The van der Waals surface area contributed by atoms with Gasteiger partial charge in [-0.1, -0.05) is 12.5 Å². The highest BCUT2D eigenvalue weighted by molar-refractivity contribution is 5.96. The van der Waals surface area contributed by atoms with E-state index in [-0.39, 0.29) is 12.2 Å². The van der Waals surface area contributed by atoms with Crippen LogP contribution in [0, 0.1) is 17.3 Å². The van der Waals surface area contributed by atoms with Gasteiger partial charge in [0.05, 0.1) is 12.2 Å². The van der Waals surface area contributed by atoms with Crippen LogP contribution in [0.15, 0.2) is 11.1 Å². The molecular weight excluding hydrogens is 276 g/mol. The van der Waals surface area contributed by atoms with Crippen LogP contribution in [0.3, 0.4) is 0 Å². The van der Waals surface area contributed by atoms with Crippen LogP contribution in [0.5, 0.6) is 0 Å². The van der Waals surface area contributed by atoms with Crippen LogP contribution in [-0.2, 0) is 14.3 Å². The fraction of sp³-hybridized carbons (Fsp3) is 0.842. The van der Waals surface area contributed by atoms with Crippen molar-refractivity contribution in [1.82, 2.24) is 0 Å². The van der Waals surface area contributed by atoms with E-state index in [0.29, 0.717) is 23.0 Å². The summed E-state index contributed by atoms with van der Waals surface area (Å²) in [5.74, 6) is 1.20. The van der Waals surface area contributed by atoms with Gasteiger partial charge in [-0.05, 0) is 75.7 Å². The maximum Gasteiger partial charge on any atom is 0.163 e. The van der Waals surface area contributed by atoms with Crippen molar-refractivity contribution in [1.29, 1.82) is 0 Å². The van der Waals surface area contributed by atoms with Crippen LogP contribution in [0.4, 0.5) is 0 Å². The third kappa shape index (κ3) is 2.12. The molecule has 0 unspecified atom stereocenters. The number of hydrogen-bond donors (Lipinski definition) is 0. The normalized spacial score (nSPS) is 47.0. The molecule has 3 nitrogen and oxygen atoms in total. The number of carbonyl (C=O) groups excluding carboxylic acids is 1. The number of ketones is 1. The highest BCUT2D eigenvalue weighted by atomic mass is 16.7. The van der Waals surface area contributed by atoms with Crippen LogP contribution in [-0.4, -0.2) is 23.8 Å². The standard InChI is InChI=1S/C19H28O3/c1-11-12-7-8-19(4)10-17-16(21-18(2,3)22-17)9-14(19)13(12)5-6-15(11)20/h13-14,16-17H,5-10H2,1-4H3/t13-,14-,16-,17+,19-/m1/s1. The summed E-state index contributed by atoms with van der Waals surface area (Å²) in [6, 6.07) is 0. The largest absolute Gasteiger partial charge is 0.345 e. The van der Waals surface area contributed by atoms with Gasteiger partial charge in [-0.15, -0.1) is 0 Å². The van der Waals surface area contributed by atoms with E-state index in [2.05, 4.69) is 13.8 Å². The van der Waals surface area contributed by atoms with E-state index in [9.17, 15) is 4.79 Å². The third-order valence-electron chi connectivity index (χ3n) is 6.82. The molecule has 4 rings (SSSR count). The first kappa shape index (κ1) is 14.9. The maximum absolute atomic E-state index is 12.1. The lowest BCUT2D eigenvalue weighted by Gasteiger charge is -2.53. The zero-order chi connectivity index (χ0) is 15.7. The zero-order valence-corrected chi connectivity index (χ0v) is 14.3. The number of ether oxygens (including phenoxy) is 2. The van der Waals surface area contributed by atoms with E-state index in [1.54, 1.807) is 0 Å². The Labute approximate surface area is 133 Å². The Morgan fingerprint density at radius 2 is 1.82 bits per heavy atom. The summed E-state index contributed by atoms with van der Waals surface area (Å²) < 4.78 is 12.3. The minimum absolute atomic E-state index is 0.241. The highest BCUT2D eigenvalue weighted by Crippen LogP contribution is 2.59. The number of carbonyl (C=O) groups is 1. The summed E-state index contributed by atoms with van der Waals surface area (Å²) in [5, 5.41) is 0. The van der Waals surface area contributed by atoms with Crippen LogP contribution < -0.4 is 0 Å². The lowest BCUT2D eigenvalue weighted by molar-refractivity contribution is -0.146. The van der Waals surface area contributed by atoms with Crippen LogP contribution >= 0.6 is 0 Å². The Bertz CT molecular complexity index is 547. The lowest BCUT2D eigenvalue weighted by Crippen LogP contribution is -2.49. The molecule has 0 bridgehead atoms. The smallest absolute Gasteiger partial charge is 0.163 e. The van der Waals surface area contributed by atoms with Gasteiger partial charge in [0.15, 0.2) is 11.6 Å². The van der Waals surface area contributed by atoms with Gasteiger partial charge in [-0.2, -0.15) is 0 Å². The monoisotopic (exact) mass is 304 g/mol. The lowest BCUT2D eigenvalue weighted by atomic mass is 9.52. The molecule has 122 valence electrons. The summed E-state index contributed by atoms with van der Waals surface area (Å²) in [6.45, 7) is 8.57. The Kier molecular flexibility index (Phi) is 3.16. The van der Waals surface area contributed by atoms with Crippen LogP contribution in [0.1, 0.15) is 66.2 Å². The van der Waals surface area contributed by atoms with Crippen LogP contribution in [0.25, 0.3) is 0 Å². The molecule has 4 aliphatic rings. The molecule has 1 saturated heterocycles. The second-order valence-corrected chi connectivity index (χ2v) is 8.63. The van der Waals surface area contributed by atoms with Gasteiger partial charge < -0.3 is 9.47 Å². The average Bonchev–Trinajstić information content (AvgIpc) is 2.72. The summed E-state index contributed by atoms with van der Waals surface area (Å²) >= 11 is 0. The van der Waals surface area contributed by atoms with Crippen molar-refractivity contribution < 1.29 is 14.3 Å². The highest BCUT2D eigenvalue weighted by Gasteiger charge is 2.56. The summed E-state index contributed by atoms with van der Waals surface area (Å²) in [7, 11) is 0. The Balaban J connectivity index is 1.66. The summed E-state index contributed by atoms with van der Waals surface area (Å²) in [4.78, 5) is 12.1. The summed E-state index contributed by atoms with van der Waals surface area (Å²) in [6.07, 6.45) is 6.80. The van der Waals surface area contributed by atoms with E-state index >= 15 is 0 Å². The molecule has 1 heterocycles. The molecule has 5 atom stereocenters. The molecule has 0 aromatic rings. The van der Waals surface area contributed by atoms with E-state index < -0.39 is 5.79 Å². The van der Waals surface area contributed by atoms with Gasteiger partial charge in [-0.25, -0.2) is 0 Å². The minimum atomic E-state index is -0.434. The number of Topliss-reactive ketones (excluding diaryl/α,β-unsaturated/α-hetero) is 1. The van der Waals surface area contributed by atoms with Crippen molar-refractivity contribution in [2.24, 2.45) is 17.3 Å².